The first-order valence-corrected chi connectivity index (χ1v) is 9.90. The highest BCUT2D eigenvalue weighted by molar-refractivity contribution is 5.82. The van der Waals surface area contributed by atoms with Gasteiger partial charge in [0.05, 0.1) is 23.3 Å². The van der Waals surface area contributed by atoms with Crippen LogP contribution in [-0.4, -0.2) is 32.6 Å². The van der Waals surface area contributed by atoms with E-state index in [-0.39, 0.29) is 18.4 Å². The molecule has 1 unspecified atom stereocenters. The zero-order valence-electron chi connectivity index (χ0n) is 16.9. The molecule has 2 aromatic carbocycles. The molecule has 30 heavy (non-hydrogen) atoms. The highest BCUT2D eigenvalue weighted by atomic mass is 16.5. The van der Waals surface area contributed by atoms with Gasteiger partial charge in [-0.15, -0.1) is 5.11 Å². The molecule has 2 heterocycles. The van der Waals surface area contributed by atoms with Gasteiger partial charge in [-0.3, -0.25) is 15.0 Å². The Kier molecular flexibility index (Phi) is 5.58. The number of aromatic amines is 1. The summed E-state index contributed by atoms with van der Waals surface area (Å²) in [6, 6.07) is 16.4. The van der Waals surface area contributed by atoms with E-state index in [2.05, 4.69) is 53.4 Å². The van der Waals surface area contributed by atoms with Crippen molar-refractivity contribution in [2.45, 2.75) is 26.3 Å². The average Bonchev–Trinajstić information content (AvgIpc) is 3.39. The number of rotatable bonds is 6. The average molecular weight is 404 g/mol. The first kappa shape index (κ1) is 19.8. The Morgan fingerprint density at radius 1 is 1.23 bits per heavy atom. The monoisotopic (exact) mass is 404 g/mol. The van der Waals surface area contributed by atoms with Crippen molar-refractivity contribution in [1.29, 1.82) is 0 Å². The minimum atomic E-state index is -0.483. The Bertz CT molecular complexity index is 1100. The van der Waals surface area contributed by atoms with E-state index in [0.29, 0.717) is 12.2 Å². The van der Waals surface area contributed by atoms with Gasteiger partial charge in [0.15, 0.2) is 0 Å². The first-order chi connectivity index (χ1) is 14.5. The largest absolute Gasteiger partial charge is 0.340 e. The zero-order valence-corrected chi connectivity index (χ0v) is 16.9. The Hall–Kier alpha value is -3.52. The van der Waals surface area contributed by atoms with Crippen molar-refractivity contribution < 1.29 is 10.0 Å². The first-order valence-electron chi connectivity index (χ1n) is 9.90. The third-order valence-corrected chi connectivity index (χ3v) is 5.10. The lowest BCUT2D eigenvalue weighted by atomic mass is 10.0. The second-order valence-electron chi connectivity index (χ2n) is 7.63. The standard InChI is InChI=1S/C22H24N6O2/c1-14(2)21(28-13-17(25-27-28)9-11-20(29)26-30)22-23-18-10-8-16(12-19(18)24-22)15-6-4-3-5-7-15/h3-10,12,14,21,30H,11,13H2,1-2H3,(H,23,24)(H,26,29)/b17-9-. The predicted molar refractivity (Wildman–Crippen MR) is 113 cm³/mol. The molecule has 8 heteroatoms. The number of benzene rings is 2. The van der Waals surface area contributed by atoms with Crippen molar-refractivity contribution in [2.75, 3.05) is 6.54 Å². The van der Waals surface area contributed by atoms with E-state index in [1.54, 1.807) is 11.6 Å². The summed E-state index contributed by atoms with van der Waals surface area (Å²) >= 11 is 0. The Balaban J connectivity index is 1.59. The number of carbonyl (C=O) groups excluding carboxylic acids is 1. The van der Waals surface area contributed by atoms with Crippen LogP contribution in [0.3, 0.4) is 0 Å². The molecule has 4 rings (SSSR count). The van der Waals surface area contributed by atoms with E-state index in [0.717, 1.165) is 28.0 Å². The molecule has 1 aliphatic heterocycles. The van der Waals surface area contributed by atoms with Crippen molar-refractivity contribution in [1.82, 2.24) is 20.5 Å². The van der Waals surface area contributed by atoms with Crippen LogP contribution in [0.5, 0.6) is 0 Å². The second-order valence-corrected chi connectivity index (χ2v) is 7.63. The van der Waals surface area contributed by atoms with Crippen LogP contribution in [-0.2, 0) is 4.79 Å². The molecule has 1 aromatic heterocycles. The van der Waals surface area contributed by atoms with Gasteiger partial charge in [-0.2, -0.15) is 0 Å². The van der Waals surface area contributed by atoms with Gasteiger partial charge >= 0.3 is 0 Å². The summed E-state index contributed by atoms with van der Waals surface area (Å²) in [6.07, 6.45) is 1.72. The quantitative estimate of drug-likeness (QED) is 0.418. The van der Waals surface area contributed by atoms with Crippen molar-refractivity contribution in [3.63, 3.8) is 0 Å². The minimum absolute atomic E-state index is 0.0535. The molecule has 1 amide bonds. The van der Waals surface area contributed by atoms with Crippen LogP contribution >= 0.6 is 0 Å². The third-order valence-electron chi connectivity index (χ3n) is 5.10. The SMILES string of the molecule is CC(C)C(c1nc2ccc(-c3ccccc3)cc2[nH]1)N1C/C(=C/CC(=O)NO)N=N1. The maximum atomic E-state index is 11.2. The van der Waals surface area contributed by atoms with Gasteiger partial charge < -0.3 is 4.98 Å². The number of H-pyrrole nitrogens is 1. The molecule has 0 saturated carbocycles. The Morgan fingerprint density at radius 2 is 2.03 bits per heavy atom. The van der Waals surface area contributed by atoms with Crippen molar-refractivity contribution >= 4 is 16.9 Å². The summed E-state index contributed by atoms with van der Waals surface area (Å²) in [7, 11) is 0. The molecular formula is C22H24N6O2. The zero-order chi connectivity index (χ0) is 21.1. The lowest BCUT2D eigenvalue weighted by Crippen LogP contribution is -2.27. The number of nitrogens with zero attached hydrogens (tertiary/aromatic N) is 4. The summed E-state index contributed by atoms with van der Waals surface area (Å²) in [5.41, 5.74) is 6.47. The lowest BCUT2D eigenvalue weighted by molar-refractivity contribution is -0.128. The molecule has 0 fully saturated rings. The van der Waals surface area contributed by atoms with Gasteiger partial charge in [-0.05, 0) is 35.3 Å². The van der Waals surface area contributed by atoms with Crippen molar-refractivity contribution in [3.05, 3.63) is 66.1 Å². The van der Waals surface area contributed by atoms with Gasteiger partial charge in [-0.1, -0.05) is 55.5 Å². The highest BCUT2D eigenvalue weighted by Crippen LogP contribution is 2.33. The van der Waals surface area contributed by atoms with E-state index < -0.39 is 5.91 Å². The molecule has 0 aliphatic carbocycles. The summed E-state index contributed by atoms with van der Waals surface area (Å²) in [6.45, 7) is 4.71. The molecule has 0 radical (unpaired) electrons. The van der Waals surface area contributed by atoms with Crippen LogP contribution in [0.25, 0.3) is 22.2 Å². The van der Waals surface area contributed by atoms with E-state index in [1.165, 1.54) is 0 Å². The van der Waals surface area contributed by atoms with Gasteiger partial charge in [0.25, 0.3) is 0 Å². The number of hydroxylamine groups is 1. The molecule has 1 atom stereocenters. The number of aromatic nitrogens is 2. The number of amides is 1. The van der Waals surface area contributed by atoms with E-state index in [1.807, 2.05) is 29.3 Å². The van der Waals surface area contributed by atoms with Crippen LogP contribution in [0.15, 0.2) is 70.6 Å². The van der Waals surface area contributed by atoms with Gasteiger partial charge in [-0.25, -0.2) is 10.5 Å². The van der Waals surface area contributed by atoms with Crippen molar-refractivity contribution in [3.8, 4) is 11.1 Å². The van der Waals surface area contributed by atoms with Crippen molar-refractivity contribution in [2.24, 2.45) is 16.3 Å². The molecule has 0 saturated heterocycles. The van der Waals surface area contributed by atoms with Gasteiger partial charge in [0.1, 0.15) is 11.9 Å². The third kappa shape index (κ3) is 4.08. The molecule has 8 nitrogen and oxygen atoms in total. The maximum Gasteiger partial charge on any atom is 0.247 e. The van der Waals surface area contributed by atoms with Crippen LogP contribution in [0, 0.1) is 5.92 Å². The number of fused-ring (bicyclic) bond motifs is 1. The molecule has 0 spiro atoms. The van der Waals surface area contributed by atoms with Crippen LogP contribution < -0.4 is 5.48 Å². The van der Waals surface area contributed by atoms with Crippen LogP contribution in [0.4, 0.5) is 0 Å². The summed E-state index contributed by atoms with van der Waals surface area (Å²) < 4.78 is 0. The van der Waals surface area contributed by atoms with E-state index >= 15 is 0 Å². The Labute approximate surface area is 174 Å². The molecular weight excluding hydrogens is 380 g/mol. The molecule has 3 N–H and O–H groups in total. The molecule has 154 valence electrons. The van der Waals surface area contributed by atoms with Crippen LogP contribution in [0.1, 0.15) is 32.1 Å². The smallest absolute Gasteiger partial charge is 0.247 e. The number of imidazole rings is 1. The molecule has 3 aromatic rings. The molecule has 0 bridgehead atoms. The van der Waals surface area contributed by atoms with E-state index in [4.69, 9.17) is 10.2 Å². The summed E-state index contributed by atoms with van der Waals surface area (Å²) in [5, 5.41) is 19.0. The fourth-order valence-electron chi connectivity index (χ4n) is 3.64. The fraction of sp³-hybridized carbons (Fsp3) is 0.273. The number of carbonyl (C=O) groups is 1. The highest BCUT2D eigenvalue weighted by Gasteiger charge is 2.29. The van der Waals surface area contributed by atoms with Gasteiger partial charge in [0.2, 0.25) is 5.91 Å². The van der Waals surface area contributed by atoms with Gasteiger partial charge in [0, 0.05) is 6.42 Å². The normalized spacial score (nSPS) is 16.0. The predicted octanol–water partition coefficient (Wildman–Crippen LogP) is 4.39. The van der Waals surface area contributed by atoms with Crippen LogP contribution in [0.2, 0.25) is 0 Å². The fourth-order valence-corrected chi connectivity index (χ4v) is 3.64. The number of nitrogens with one attached hydrogen (secondary N) is 2. The molecule has 1 aliphatic rings. The summed E-state index contributed by atoms with van der Waals surface area (Å²) in [5.74, 6) is 0.583. The second kappa shape index (κ2) is 8.46. The van der Waals surface area contributed by atoms with E-state index in [9.17, 15) is 4.79 Å². The Morgan fingerprint density at radius 3 is 2.77 bits per heavy atom. The minimum Gasteiger partial charge on any atom is -0.340 e. The lowest BCUT2D eigenvalue weighted by Gasteiger charge is -2.26. The maximum absolute atomic E-state index is 11.2. The number of hydrogen-bond donors (Lipinski definition) is 3. The number of hydrogen-bond acceptors (Lipinski definition) is 6. The topological polar surface area (TPSA) is 106 Å². The summed E-state index contributed by atoms with van der Waals surface area (Å²) in [4.78, 5) is 19.5.